The maximum atomic E-state index is 12.0. The molecule has 0 spiro atoms. The monoisotopic (exact) mass is 219 g/mol. The molecule has 0 aliphatic carbocycles. The van der Waals surface area contributed by atoms with E-state index < -0.39 is 11.7 Å². The minimum absolute atomic E-state index is 0.300. The molecule has 1 fully saturated rings. The first-order chi connectivity index (χ1) is 7.58. The lowest BCUT2D eigenvalue weighted by Crippen LogP contribution is -2.54. The third-order valence-corrected chi connectivity index (χ3v) is 2.71. The van der Waals surface area contributed by atoms with Crippen molar-refractivity contribution in [2.24, 2.45) is 0 Å². The van der Waals surface area contributed by atoms with E-state index in [-0.39, 0.29) is 5.91 Å². The van der Waals surface area contributed by atoms with Crippen LogP contribution in [0.25, 0.3) is 0 Å². The van der Waals surface area contributed by atoms with Gasteiger partial charge in [-0.15, -0.1) is 0 Å². The van der Waals surface area contributed by atoms with Crippen LogP contribution in [0.1, 0.15) is 6.92 Å². The predicted octanol–water partition coefficient (Wildman–Crippen LogP) is 0.678. The number of benzene rings is 1. The number of carbonyl (C=O) groups excluding carboxylic acids is 2. The number of hydrogen-bond acceptors (Lipinski definition) is 3. The Morgan fingerprint density at radius 1 is 1.25 bits per heavy atom. The summed E-state index contributed by atoms with van der Waals surface area (Å²) in [6.45, 7) is 1.64. The van der Waals surface area contributed by atoms with Crippen molar-refractivity contribution in [3.63, 3.8) is 0 Å². The standard InChI is InChI=1S/C11H13N3O2/c1-11(12-2)9(15)14(10(16)13-11)8-6-4-3-5-7-8/h3-7,12H,1-2H3,(H,13,16). The van der Waals surface area contributed by atoms with Gasteiger partial charge in [0, 0.05) is 0 Å². The Kier molecular flexibility index (Phi) is 2.40. The lowest BCUT2D eigenvalue weighted by Gasteiger charge is -2.20. The molecule has 3 amide bonds. The van der Waals surface area contributed by atoms with E-state index in [2.05, 4.69) is 10.6 Å². The molecular weight excluding hydrogens is 206 g/mol. The average molecular weight is 219 g/mol. The zero-order valence-electron chi connectivity index (χ0n) is 9.15. The molecule has 1 aromatic rings. The number of anilines is 1. The Balaban J connectivity index is 2.38. The molecule has 1 aliphatic heterocycles. The van der Waals surface area contributed by atoms with Crippen molar-refractivity contribution in [1.29, 1.82) is 0 Å². The molecule has 1 heterocycles. The van der Waals surface area contributed by atoms with Crippen LogP contribution < -0.4 is 15.5 Å². The molecule has 0 bridgehead atoms. The van der Waals surface area contributed by atoms with E-state index in [1.807, 2.05) is 6.07 Å². The number of likely N-dealkylation sites (N-methyl/N-ethyl adjacent to an activating group) is 1. The molecule has 84 valence electrons. The molecule has 1 atom stereocenters. The molecule has 2 N–H and O–H groups in total. The van der Waals surface area contributed by atoms with Crippen molar-refractivity contribution in [3.05, 3.63) is 30.3 Å². The normalized spacial score (nSPS) is 24.8. The zero-order valence-corrected chi connectivity index (χ0v) is 9.15. The van der Waals surface area contributed by atoms with Crippen LogP contribution in [0.4, 0.5) is 10.5 Å². The van der Waals surface area contributed by atoms with Crippen molar-refractivity contribution < 1.29 is 9.59 Å². The number of nitrogens with zero attached hydrogens (tertiary/aromatic N) is 1. The van der Waals surface area contributed by atoms with Crippen LogP contribution in [0.3, 0.4) is 0 Å². The Hall–Kier alpha value is -1.88. The van der Waals surface area contributed by atoms with Crippen LogP contribution >= 0.6 is 0 Å². The highest BCUT2D eigenvalue weighted by atomic mass is 16.2. The first-order valence-corrected chi connectivity index (χ1v) is 4.99. The Labute approximate surface area is 93.4 Å². The molecule has 1 unspecified atom stereocenters. The third kappa shape index (κ3) is 1.45. The highest BCUT2D eigenvalue weighted by molar-refractivity contribution is 6.22. The number of nitrogens with one attached hydrogen (secondary N) is 2. The minimum Gasteiger partial charge on any atom is -0.311 e. The average Bonchev–Trinajstić information content (AvgIpc) is 2.52. The van der Waals surface area contributed by atoms with Gasteiger partial charge in [-0.3, -0.25) is 10.1 Å². The first-order valence-electron chi connectivity index (χ1n) is 4.99. The Morgan fingerprint density at radius 2 is 1.88 bits per heavy atom. The summed E-state index contributed by atoms with van der Waals surface area (Å²) in [7, 11) is 1.63. The van der Waals surface area contributed by atoms with Crippen LogP contribution in [0.5, 0.6) is 0 Å². The van der Waals surface area contributed by atoms with Crippen LogP contribution in [-0.4, -0.2) is 24.6 Å². The topological polar surface area (TPSA) is 61.4 Å². The van der Waals surface area contributed by atoms with Crippen LogP contribution in [-0.2, 0) is 4.79 Å². The largest absolute Gasteiger partial charge is 0.330 e. The molecule has 0 radical (unpaired) electrons. The Bertz CT molecular complexity index is 432. The molecular formula is C11H13N3O2. The summed E-state index contributed by atoms with van der Waals surface area (Å²) in [4.78, 5) is 24.9. The SMILES string of the molecule is CNC1(C)NC(=O)N(c2ccccc2)C1=O. The third-order valence-electron chi connectivity index (χ3n) is 2.71. The number of carbonyl (C=O) groups is 2. The lowest BCUT2D eigenvalue weighted by molar-refractivity contribution is -0.122. The number of imide groups is 1. The second-order valence-corrected chi connectivity index (χ2v) is 3.78. The second-order valence-electron chi connectivity index (χ2n) is 3.78. The van der Waals surface area contributed by atoms with E-state index in [9.17, 15) is 9.59 Å². The number of amides is 3. The fourth-order valence-corrected chi connectivity index (χ4v) is 1.62. The van der Waals surface area contributed by atoms with Gasteiger partial charge in [-0.2, -0.15) is 0 Å². The zero-order chi connectivity index (χ0) is 11.8. The molecule has 2 rings (SSSR count). The van der Waals surface area contributed by atoms with E-state index >= 15 is 0 Å². The van der Waals surface area contributed by atoms with Gasteiger partial charge in [-0.25, -0.2) is 9.69 Å². The van der Waals surface area contributed by atoms with Gasteiger partial charge in [0.05, 0.1) is 5.69 Å². The van der Waals surface area contributed by atoms with Crippen LogP contribution in [0.2, 0.25) is 0 Å². The fourth-order valence-electron chi connectivity index (χ4n) is 1.62. The number of para-hydroxylation sites is 1. The van der Waals surface area contributed by atoms with Gasteiger partial charge in [0.15, 0.2) is 5.66 Å². The quantitative estimate of drug-likeness (QED) is 0.719. The van der Waals surface area contributed by atoms with Crippen molar-refractivity contribution >= 4 is 17.6 Å². The highest BCUT2D eigenvalue weighted by Crippen LogP contribution is 2.22. The molecule has 1 saturated heterocycles. The van der Waals surface area contributed by atoms with Gasteiger partial charge in [0.1, 0.15) is 0 Å². The van der Waals surface area contributed by atoms with Gasteiger partial charge in [-0.05, 0) is 26.1 Å². The Morgan fingerprint density at radius 3 is 2.38 bits per heavy atom. The van der Waals surface area contributed by atoms with Gasteiger partial charge in [0.2, 0.25) is 0 Å². The van der Waals surface area contributed by atoms with E-state index in [4.69, 9.17) is 0 Å². The van der Waals surface area contributed by atoms with Gasteiger partial charge in [-0.1, -0.05) is 18.2 Å². The predicted molar refractivity (Wildman–Crippen MR) is 59.9 cm³/mol. The van der Waals surface area contributed by atoms with Gasteiger partial charge < -0.3 is 5.32 Å². The summed E-state index contributed by atoms with van der Waals surface area (Å²) in [5.41, 5.74) is -0.448. The van der Waals surface area contributed by atoms with Gasteiger partial charge in [0.25, 0.3) is 5.91 Å². The maximum absolute atomic E-state index is 12.0. The molecule has 0 saturated carbocycles. The van der Waals surface area contributed by atoms with E-state index in [1.54, 1.807) is 38.2 Å². The summed E-state index contributed by atoms with van der Waals surface area (Å²) in [6, 6.07) is 8.43. The lowest BCUT2D eigenvalue weighted by atomic mass is 10.2. The summed E-state index contributed by atoms with van der Waals surface area (Å²) >= 11 is 0. The number of urea groups is 1. The summed E-state index contributed by atoms with van der Waals surface area (Å²) < 4.78 is 0. The number of rotatable bonds is 2. The van der Waals surface area contributed by atoms with Crippen LogP contribution in [0, 0.1) is 0 Å². The number of hydrogen-bond donors (Lipinski definition) is 2. The minimum atomic E-state index is -1.02. The molecule has 5 nitrogen and oxygen atoms in total. The van der Waals surface area contributed by atoms with Crippen molar-refractivity contribution in [1.82, 2.24) is 10.6 Å². The fraction of sp³-hybridized carbons (Fsp3) is 0.273. The van der Waals surface area contributed by atoms with Crippen LogP contribution in [0.15, 0.2) is 30.3 Å². The summed E-state index contributed by atoms with van der Waals surface area (Å²) in [6.07, 6.45) is 0. The van der Waals surface area contributed by atoms with E-state index in [1.165, 1.54) is 0 Å². The van der Waals surface area contributed by atoms with Crippen molar-refractivity contribution in [3.8, 4) is 0 Å². The van der Waals surface area contributed by atoms with E-state index in [0.717, 1.165) is 4.90 Å². The molecule has 0 aromatic heterocycles. The molecule has 16 heavy (non-hydrogen) atoms. The molecule has 5 heteroatoms. The van der Waals surface area contributed by atoms with Crippen molar-refractivity contribution in [2.75, 3.05) is 11.9 Å². The second kappa shape index (κ2) is 3.61. The van der Waals surface area contributed by atoms with Gasteiger partial charge >= 0.3 is 6.03 Å². The summed E-state index contributed by atoms with van der Waals surface area (Å²) in [5.74, 6) is -0.300. The smallest absolute Gasteiger partial charge is 0.311 e. The molecule has 1 aromatic carbocycles. The highest BCUT2D eigenvalue weighted by Gasteiger charge is 2.47. The first kappa shape index (κ1) is 10.6. The summed E-state index contributed by atoms with van der Waals surface area (Å²) in [5, 5.41) is 5.40. The van der Waals surface area contributed by atoms with Crippen molar-refractivity contribution in [2.45, 2.75) is 12.6 Å². The molecule has 1 aliphatic rings. The van der Waals surface area contributed by atoms with E-state index in [0.29, 0.717) is 5.69 Å². The maximum Gasteiger partial charge on any atom is 0.330 e.